The van der Waals surface area contributed by atoms with Crippen LogP contribution in [0.4, 0.5) is 0 Å². The van der Waals surface area contributed by atoms with E-state index in [2.05, 4.69) is 22.5 Å². The summed E-state index contributed by atoms with van der Waals surface area (Å²) in [6, 6.07) is 5.56. The van der Waals surface area contributed by atoms with E-state index in [-0.39, 0.29) is 5.78 Å². The predicted octanol–water partition coefficient (Wildman–Crippen LogP) is 3.52. The van der Waals surface area contributed by atoms with Crippen LogP contribution >= 0.6 is 15.9 Å². The molecule has 0 aliphatic heterocycles. The molecule has 0 heterocycles. The van der Waals surface area contributed by atoms with Gasteiger partial charge < -0.3 is 0 Å². The van der Waals surface area contributed by atoms with E-state index >= 15 is 0 Å². The molecule has 1 aromatic carbocycles. The smallest absolute Gasteiger partial charge is 0.188 e. The maximum Gasteiger partial charge on any atom is 0.188 e. The van der Waals surface area contributed by atoms with E-state index < -0.39 is 0 Å². The number of allylic oxidation sites excluding steroid dienone is 1. The Labute approximate surface area is 86.6 Å². The van der Waals surface area contributed by atoms with E-state index in [1.54, 1.807) is 6.92 Å². The van der Waals surface area contributed by atoms with Crippen LogP contribution in [0.5, 0.6) is 0 Å². The SMILES string of the molecule is C=C(C)C(=O)c1ccc(C)c(Br)c1. The van der Waals surface area contributed by atoms with E-state index in [1.807, 2.05) is 25.1 Å². The van der Waals surface area contributed by atoms with Crippen molar-refractivity contribution in [3.63, 3.8) is 0 Å². The summed E-state index contributed by atoms with van der Waals surface area (Å²) in [6.07, 6.45) is 0. The monoisotopic (exact) mass is 238 g/mol. The molecule has 0 N–H and O–H groups in total. The van der Waals surface area contributed by atoms with Gasteiger partial charge in [0.2, 0.25) is 0 Å². The molecule has 13 heavy (non-hydrogen) atoms. The van der Waals surface area contributed by atoms with E-state index in [0.717, 1.165) is 10.0 Å². The Kier molecular flexibility index (Phi) is 3.04. The number of Topliss-reactive ketones (excluding diaryl/α,β-unsaturated/α-hetero) is 1. The zero-order chi connectivity index (χ0) is 10.0. The van der Waals surface area contributed by atoms with Crippen molar-refractivity contribution in [3.05, 3.63) is 46.0 Å². The average Bonchev–Trinajstić information content (AvgIpc) is 2.08. The predicted molar refractivity (Wildman–Crippen MR) is 58.0 cm³/mol. The molecule has 0 unspecified atom stereocenters. The van der Waals surface area contributed by atoms with Crippen molar-refractivity contribution < 1.29 is 4.79 Å². The average molecular weight is 239 g/mol. The summed E-state index contributed by atoms with van der Waals surface area (Å²) in [5.74, 6) is 0.000648. The van der Waals surface area contributed by atoms with Crippen LogP contribution in [-0.4, -0.2) is 5.78 Å². The largest absolute Gasteiger partial charge is 0.289 e. The van der Waals surface area contributed by atoms with Crippen LogP contribution in [0.15, 0.2) is 34.8 Å². The molecule has 0 saturated heterocycles. The van der Waals surface area contributed by atoms with Crippen molar-refractivity contribution in [2.24, 2.45) is 0 Å². The van der Waals surface area contributed by atoms with E-state index in [4.69, 9.17) is 0 Å². The zero-order valence-electron chi connectivity index (χ0n) is 7.73. The van der Waals surface area contributed by atoms with E-state index in [1.165, 1.54) is 0 Å². The fraction of sp³-hybridized carbons (Fsp3) is 0.182. The number of rotatable bonds is 2. The first-order valence-electron chi connectivity index (χ1n) is 3.98. The molecule has 0 bridgehead atoms. The molecule has 0 aromatic heterocycles. The Balaban J connectivity index is 3.11. The van der Waals surface area contributed by atoms with Crippen molar-refractivity contribution in [3.8, 4) is 0 Å². The molecule has 0 radical (unpaired) electrons. The van der Waals surface area contributed by atoms with Crippen LogP contribution in [0.2, 0.25) is 0 Å². The molecule has 0 aliphatic carbocycles. The van der Waals surface area contributed by atoms with Gasteiger partial charge in [-0.05, 0) is 31.1 Å². The van der Waals surface area contributed by atoms with Crippen LogP contribution in [0, 0.1) is 6.92 Å². The van der Waals surface area contributed by atoms with Gasteiger partial charge in [-0.15, -0.1) is 0 Å². The molecule has 0 aliphatic rings. The van der Waals surface area contributed by atoms with E-state index in [0.29, 0.717) is 11.1 Å². The number of halogens is 1. The minimum atomic E-state index is 0.000648. The third-order valence-electron chi connectivity index (χ3n) is 1.82. The minimum Gasteiger partial charge on any atom is -0.289 e. The Hall–Kier alpha value is -0.890. The Morgan fingerprint density at radius 2 is 2.08 bits per heavy atom. The molecule has 68 valence electrons. The Bertz CT molecular complexity index is 366. The Morgan fingerprint density at radius 3 is 2.54 bits per heavy atom. The van der Waals surface area contributed by atoms with Gasteiger partial charge in [0, 0.05) is 10.0 Å². The van der Waals surface area contributed by atoms with Gasteiger partial charge in [-0.25, -0.2) is 0 Å². The number of benzene rings is 1. The van der Waals surface area contributed by atoms with Gasteiger partial charge in [-0.3, -0.25) is 4.79 Å². The van der Waals surface area contributed by atoms with Gasteiger partial charge in [0.25, 0.3) is 0 Å². The second-order valence-corrected chi connectivity index (χ2v) is 3.93. The second-order valence-electron chi connectivity index (χ2n) is 3.07. The first-order chi connectivity index (χ1) is 6.02. The highest BCUT2D eigenvalue weighted by Gasteiger charge is 2.06. The fourth-order valence-corrected chi connectivity index (χ4v) is 1.36. The number of aryl methyl sites for hydroxylation is 1. The normalized spacial score (nSPS) is 9.77. The lowest BCUT2D eigenvalue weighted by Gasteiger charge is -2.02. The quantitative estimate of drug-likeness (QED) is 0.570. The summed E-state index contributed by atoms with van der Waals surface area (Å²) in [7, 11) is 0. The maximum atomic E-state index is 11.5. The summed E-state index contributed by atoms with van der Waals surface area (Å²) in [5.41, 5.74) is 2.37. The van der Waals surface area contributed by atoms with Crippen LogP contribution in [0.25, 0.3) is 0 Å². The summed E-state index contributed by atoms with van der Waals surface area (Å²) >= 11 is 3.38. The molecule has 1 rings (SSSR count). The van der Waals surface area contributed by atoms with Gasteiger partial charge in [0.1, 0.15) is 0 Å². The number of hydrogen-bond donors (Lipinski definition) is 0. The standard InChI is InChI=1S/C11H11BrO/c1-7(2)11(13)9-5-4-8(3)10(12)6-9/h4-6H,1H2,2-3H3. The van der Waals surface area contributed by atoms with Gasteiger partial charge in [0.05, 0.1) is 0 Å². The minimum absolute atomic E-state index is 0.000648. The van der Waals surface area contributed by atoms with Gasteiger partial charge in [-0.2, -0.15) is 0 Å². The van der Waals surface area contributed by atoms with E-state index in [9.17, 15) is 4.79 Å². The maximum absolute atomic E-state index is 11.5. The van der Waals surface area contributed by atoms with Crippen LogP contribution in [0.3, 0.4) is 0 Å². The Morgan fingerprint density at radius 1 is 1.46 bits per heavy atom. The zero-order valence-corrected chi connectivity index (χ0v) is 9.31. The lowest BCUT2D eigenvalue weighted by Crippen LogP contribution is -1.99. The molecule has 1 nitrogen and oxygen atoms in total. The number of carbonyl (C=O) groups is 1. The lowest BCUT2D eigenvalue weighted by atomic mass is 10.0. The molecular weight excluding hydrogens is 228 g/mol. The molecule has 0 spiro atoms. The molecule has 0 amide bonds. The fourth-order valence-electron chi connectivity index (χ4n) is 0.980. The molecular formula is C11H11BrO. The second kappa shape index (κ2) is 3.88. The highest BCUT2D eigenvalue weighted by molar-refractivity contribution is 9.10. The van der Waals surface area contributed by atoms with Crippen molar-refractivity contribution in [2.75, 3.05) is 0 Å². The molecule has 2 heteroatoms. The molecule has 0 atom stereocenters. The summed E-state index contributed by atoms with van der Waals surface area (Å²) in [6.45, 7) is 7.32. The summed E-state index contributed by atoms with van der Waals surface area (Å²) < 4.78 is 0.958. The lowest BCUT2D eigenvalue weighted by molar-refractivity contribution is 0.103. The number of carbonyl (C=O) groups excluding carboxylic acids is 1. The van der Waals surface area contributed by atoms with Crippen molar-refractivity contribution in [2.45, 2.75) is 13.8 Å². The van der Waals surface area contributed by atoms with Crippen LogP contribution in [-0.2, 0) is 0 Å². The third kappa shape index (κ3) is 2.28. The highest BCUT2D eigenvalue weighted by atomic mass is 79.9. The molecule has 0 saturated carbocycles. The highest BCUT2D eigenvalue weighted by Crippen LogP contribution is 2.18. The first kappa shape index (κ1) is 10.2. The van der Waals surface area contributed by atoms with Crippen molar-refractivity contribution in [1.82, 2.24) is 0 Å². The topological polar surface area (TPSA) is 17.1 Å². The van der Waals surface area contributed by atoms with Crippen LogP contribution < -0.4 is 0 Å². The first-order valence-corrected chi connectivity index (χ1v) is 4.78. The third-order valence-corrected chi connectivity index (χ3v) is 2.68. The summed E-state index contributed by atoms with van der Waals surface area (Å²) in [5, 5.41) is 0. The number of ketones is 1. The van der Waals surface area contributed by atoms with Crippen molar-refractivity contribution >= 4 is 21.7 Å². The summed E-state index contributed by atoms with van der Waals surface area (Å²) in [4.78, 5) is 11.5. The molecule has 1 aromatic rings. The van der Waals surface area contributed by atoms with Crippen LogP contribution in [0.1, 0.15) is 22.8 Å². The van der Waals surface area contributed by atoms with Crippen molar-refractivity contribution in [1.29, 1.82) is 0 Å². The van der Waals surface area contributed by atoms with Gasteiger partial charge >= 0.3 is 0 Å². The van der Waals surface area contributed by atoms with Gasteiger partial charge in [-0.1, -0.05) is 34.6 Å². The number of hydrogen-bond acceptors (Lipinski definition) is 1. The van der Waals surface area contributed by atoms with Gasteiger partial charge in [0.15, 0.2) is 5.78 Å². The molecule has 0 fully saturated rings.